The molecule has 2 atom stereocenters. The number of hydrogen-bond donors (Lipinski definition) is 2. The lowest BCUT2D eigenvalue weighted by molar-refractivity contribution is -0.0488. The van der Waals surface area contributed by atoms with Gasteiger partial charge >= 0.3 is 14.7 Å². The van der Waals surface area contributed by atoms with Crippen molar-refractivity contribution < 1.29 is 28.2 Å². The van der Waals surface area contributed by atoms with Gasteiger partial charge in [0.1, 0.15) is 18.5 Å². The van der Waals surface area contributed by atoms with Crippen LogP contribution in [0.5, 0.6) is 5.75 Å². The Morgan fingerprint density at radius 3 is 2.13 bits per heavy atom. The van der Waals surface area contributed by atoms with Gasteiger partial charge in [0.15, 0.2) is 0 Å². The highest BCUT2D eigenvalue weighted by atomic mass is 32.2. The summed E-state index contributed by atoms with van der Waals surface area (Å²) in [5.41, 5.74) is 1.09. The zero-order valence-electron chi connectivity index (χ0n) is 28.3. The maximum absolute atomic E-state index is 12.2. The first-order valence-corrected chi connectivity index (χ1v) is 19.6. The number of rotatable bonds is 28. The van der Waals surface area contributed by atoms with Gasteiger partial charge in [-0.3, -0.25) is 4.52 Å². The van der Waals surface area contributed by atoms with Crippen LogP contribution < -0.4 is 9.84 Å². The fourth-order valence-corrected chi connectivity index (χ4v) is 6.56. The number of hydrogen-bond acceptors (Lipinski definition) is 8. The molecule has 0 aromatic heterocycles. The minimum Gasteiger partial charge on any atom is -0.447 e. The molecule has 258 valence electrons. The van der Waals surface area contributed by atoms with E-state index in [-0.39, 0.29) is 19.3 Å². The Bertz CT molecular complexity index is 909. The van der Waals surface area contributed by atoms with Crippen molar-refractivity contribution in [2.75, 3.05) is 25.6 Å². The van der Waals surface area contributed by atoms with Gasteiger partial charge in [-0.2, -0.15) is 0 Å². The van der Waals surface area contributed by atoms with Crippen LogP contribution in [0.3, 0.4) is 0 Å². The van der Waals surface area contributed by atoms with Gasteiger partial charge in [0.2, 0.25) is 0 Å². The van der Waals surface area contributed by atoms with Crippen LogP contribution in [-0.2, 0) is 20.5 Å². The van der Waals surface area contributed by atoms with Gasteiger partial charge < -0.3 is 29.1 Å². The molecule has 10 heteroatoms. The lowest BCUT2D eigenvalue weighted by Crippen LogP contribution is -2.33. The Balaban J connectivity index is 1.47. The molecule has 2 rings (SSSR count). The van der Waals surface area contributed by atoms with Crippen LogP contribution in [0.15, 0.2) is 35.9 Å². The van der Waals surface area contributed by atoms with Gasteiger partial charge in [-0.25, -0.2) is 4.79 Å². The maximum atomic E-state index is 12.2. The van der Waals surface area contributed by atoms with Gasteiger partial charge in [-0.15, -0.1) is 11.8 Å². The molecule has 1 aliphatic heterocycles. The molecule has 0 radical (unpaired) electrons. The quantitative estimate of drug-likeness (QED) is 0.0674. The Hall–Kier alpha value is -1.51. The second-order valence-electron chi connectivity index (χ2n) is 12.2. The summed E-state index contributed by atoms with van der Waals surface area (Å²) in [5.74, 6) is 1.47. The van der Waals surface area contributed by atoms with Crippen LogP contribution in [-0.4, -0.2) is 53.7 Å². The summed E-state index contributed by atoms with van der Waals surface area (Å²) in [4.78, 5) is 24.8. The SMILES string of the molecule is CCCCCCCCCCCCCCCCCCNC(=O)OCC(COP(O)Oc1cccc(CN2C=CSC2)c1)OC(C)C. The molecule has 0 spiro atoms. The summed E-state index contributed by atoms with van der Waals surface area (Å²) < 4.78 is 22.4. The van der Waals surface area contributed by atoms with Crippen molar-refractivity contribution in [1.82, 2.24) is 10.2 Å². The second kappa shape index (κ2) is 26.5. The van der Waals surface area contributed by atoms with Gasteiger partial charge in [-0.05, 0) is 43.4 Å². The molecule has 1 aromatic carbocycles. The molecule has 2 unspecified atom stereocenters. The van der Waals surface area contributed by atoms with Crippen LogP contribution >= 0.6 is 20.4 Å². The summed E-state index contributed by atoms with van der Waals surface area (Å²) in [7, 11) is -2.16. The van der Waals surface area contributed by atoms with Crippen molar-refractivity contribution in [2.24, 2.45) is 0 Å². The first-order chi connectivity index (χ1) is 22.0. The molecule has 0 saturated heterocycles. The number of carbonyl (C=O) groups is 1. The van der Waals surface area contributed by atoms with Crippen LogP contribution in [0.25, 0.3) is 0 Å². The standard InChI is InChI=1S/C35H61N2O6PS/c1-4-5-6-7-8-9-10-11-12-13-14-15-16-17-18-19-23-36-35(38)40-28-34(42-31(2)3)29-41-44(39)43-33-22-20-21-32(26-33)27-37-24-25-45-30-37/h20-22,24-26,31,34,39H,4-19,23,27-30H2,1-3H3,(H,36,38). The first-order valence-electron chi connectivity index (χ1n) is 17.4. The summed E-state index contributed by atoms with van der Waals surface area (Å²) >= 11 is 1.76. The van der Waals surface area contributed by atoms with E-state index >= 15 is 0 Å². The largest absolute Gasteiger partial charge is 0.447 e. The molecule has 1 amide bonds. The summed E-state index contributed by atoms with van der Waals surface area (Å²) in [5, 5.41) is 4.91. The van der Waals surface area contributed by atoms with E-state index in [4.69, 9.17) is 18.5 Å². The number of alkyl carbamates (subject to hydrolysis) is 1. The number of amides is 1. The molecule has 1 aliphatic rings. The molecule has 0 aliphatic carbocycles. The number of ether oxygens (including phenoxy) is 2. The van der Waals surface area contributed by atoms with Crippen molar-refractivity contribution >= 4 is 26.5 Å². The number of thioether (sulfide) groups is 1. The molecular weight excluding hydrogens is 607 g/mol. The van der Waals surface area contributed by atoms with Crippen molar-refractivity contribution in [3.63, 3.8) is 0 Å². The average molecular weight is 669 g/mol. The topological polar surface area (TPSA) is 89.5 Å². The Kier molecular flexibility index (Phi) is 23.4. The van der Waals surface area contributed by atoms with E-state index < -0.39 is 20.8 Å². The highest BCUT2D eigenvalue weighted by Crippen LogP contribution is 2.35. The molecule has 2 N–H and O–H groups in total. The Morgan fingerprint density at radius 1 is 0.933 bits per heavy atom. The highest BCUT2D eigenvalue weighted by molar-refractivity contribution is 8.02. The fourth-order valence-electron chi connectivity index (χ4n) is 5.20. The molecule has 0 fully saturated rings. The number of benzene rings is 1. The minimum atomic E-state index is -2.16. The second-order valence-corrected chi connectivity index (χ2v) is 14.0. The maximum Gasteiger partial charge on any atom is 0.407 e. The van der Waals surface area contributed by atoms with Crippen molar-refractivity contribution in [2.45, 2.75) is 142 Å². The van der Waals surface area contributed by atoms with E-state index in [2.05, 4.69) is 28.7 Å². The first kappa shape index (κ1) is 39.7. The number of carbonyl (C=O) groups excluding carboxylic acids is 1. The van der Waals surface area contributed by atoms with Crippen LogP contribution in [0.2, 0.25) is 0 Å². The van der Waals surface area contributed by atoms with Gasteiger partial charge in [0.05, 0.1) is 18.6 Å². The highest BCUT2D eigenvalue weighted by Gasteiger charge is 2.19. The smallest absolute Gasteiger partial charge is 0.407 e. The minimum absolute atomic E-state index is 0.0307. The summed E-state index contributed by atoms with van der Waals surface area (Å²) in [6.45, 7) is 7.53. The van der Waals surface area contributed by atoms with Gasteiger partial charge in [0, 0.05) is 19.3 Å². The molecule has 8 nitrogen and oxygen atoms in total. The van der Waals surface area contributed by atoms with Crippen molar-refractivity contribution in [3.8, 4) is 5.75 Å². The van der Waals surface area contributed by atoms with E-state index in [1.165, 1.54) is 89.9 Å². The number of nitrogens with zero attached hydrogens (tertiary/aromatic N) is 1. The average Bonchev–Trinajstić information content (AvgIpc) is 3.53. The number of unbranched alkanes of at least 4 members (excludes halogenated alkanes) is 15. The molecule has 45 heavy (non-hydrogen) atoms. The monoisotopic (exact) mass is 668 g/mol. The molecule has 0 bridgehead atoms. The lowest BCUT2D eigenvalue weighted by atomic mass is 10.0. The van der Waals surface area contributed by atoms with Crippen LogP contribution in [0.4, 0.5) is 4.79 Å². The van der Waals surface area contributed by atoms with E-state index in [9.17, 15) is 9.69 Å². The molecule has 1 aromatic rings. The fraction of sp³-hybridized carbons (Fsp3) is 0.743. The molecule has 1 heterocycles. The van der Waals surface area contributed by atoms with E-state index in [0.717, 1.165) is 30.8 Å². The van der Waals surface area contributed by atoms with E-state index in [1.807, 2.05) is 32.0 Å². The third-order valence-corrected chi connectivity index (χ3v) is 9.14. The summed E-state index contributed by atoms with van der Waals surface area (Å²) in [6.07, 6.45) is 22.2. The lowest BCUT2D eigenvalue weighted by Gasteiger charge is -2.21. The normalized spacial score (nSPS) is 14.2. The van der Waals surface area contributed by atoms with Gasteiger partial charge in [-0.1, -0.05) is 115 Å². The van der Waals surface area contributed by atoms with E-state index in [0.29, 0.717) is 12.3 Å². The number of nitrogens with one attached hydrogen (secondary N) is 1. The Labute approximate surface area is 279 Å². The Morgan fingerprint density at radius 2 is 1.56 bits per heavy atom. The van der Waals surface area contributed by atoms with Crippen molar-refractivity contribution in [1.29, 1.82) is 0 Å². The third kappa shape index (κ3) is 21.8. The summed E-state index contributed by atoms with van der Waals surface area (Å²) in [6, 6.07) is 7.63. The zero-order valence-corrected chi connectivity index (χ0v) is 30.0. The zero-order chi connectivity index (χ0) is 32.4. The molecular formula is C35H61N2O6PS. The van der Waals surface area contributed by atoms with Crippen LogP contribution in [0.1, 0.15) is 129 Å². The molecule has 0 saturated carbocycles. The predicted octanol–water partition coefficient (Wildman–Crippen LogP) is 10.1. The third-order valence-electron chi connectivity index (χ3n) is 7.61. The predicted molar refractivity (Wildman–Crippen MR) is 188 cm³/mol. The van der Waals surface area contributed by atoms with Crippen molar-refractivity contribution in [3.05, 3.63) is 41.4 Å². The van der Waals surface area contributed by atoms with E-state index in [1.54, 1.807) is 17.8 Å². The van der Waals surface area contributed by atoms with Crippen LogP contribution in [0, 0.1) is 0 Å². The van der Waals surface area contributed by atoms with Gasteiger partial charge in [0.25, 0.3) is 0 Å².